The molecule has 0 saturated heterocycles. The first-order chi connectivity index (χ1) is 13.3. The van der Waals surface area contributed by atoms with E-state index in [9.17, 15) is 18.4 Å². The van der Waals surface area contributed by atoms with E-state index in [1.54, 1.807) is 13.8 Å². The third-order valence-electron chi connectivity index (χ3n) is 3.98. The minimum atomic E-state index is -2.98. The molecule has 148 valence electrons. The molecule has 0 radical (unpaired) electrons. The zero-order valence-electron chi connectivity index (χ0n) is 15.5. The van der Waals surface area contributed by atoms with Crippen molar-refractivity contribution < 1.29 is 23.0 Å². The van der Waals surface area contributed by atoms with Crippen LogP contribution in [0.1, 0.15) is 22.4 Å². The summed E-state index contributed by atoms with van der Waals surface area (Å²) in [5.74, 6) is -0.533. The summed E-state index contributed by atoms with van der Waals surface area (Å²) in [4.78, 5) is 24.3. The molecule has 10 heteroatoms. The summed E-state index contributed by atoms with van der Waals surface area (Å²) in [6.07, 6.45) is 0. The zero-order chi connectivity index (χ0) is 20.8. The number of alkyl halides is 2. The molecule has 8 nitrogen and oxygen atoms in total. The molecule has 0 bridgehead atoms. The van der Waals surface area contributed by atoms with Crippen LogP contribution in [0.4, 0.5) is 8.78 Å². The van der Waals surface area contributed by atoms with Gasteiger partial charge in [-0.25, -0.2) is 4.68 Å². The van der Waals surface area contributed by atoms with Gasteiger partial charge in [-0.05, 0) is 37.1 Å². The van der Waals surface area contributed by atoms with Gasteiger partial charge in [0.25, 0.3) is 5.56 Å². The Morgan fingerprint density at radius 3 is 2.68 bits per heavy atom. The van der Waals surface area contributed by atoms with Crippen LogP contribution in [0.25, 0.3) is 0 Å². The third-order valence-corrected chi connectivity index (χ3v) is 3.98. The molecule has 28 heavy (non-hydrogen) atoms. The Balaban J connectivity index is 2.08. The molecule has 0 fully saturated rings. The lowest BCUT2D eigenvalue weighted by molar-refractivity contribution is -0.122. The molecule has 1 amide bonds. The molecule has 0 spiro atoms. The molecule has 0 unspecified atom stereocenters. The number of ether oxygens (including phenoxy) is 2. The molecule has 0 aliphatic rings. The number of halogens is 2. The summed E-state index contributed by atoms with van der Waals surface area (Å²) in [7, 11) is 1.31. The van der Waals surface area contributed by atoms with Crippen LogP contribution < -0.4 is 20.3 Å². The van der Waals surface area contributed by atoms with E-state index in [1.165, 1.54) is 25.3 Å². The number of rotatable bonds is 7. The number of carbonyl (C=O) groups excluding carboxylic acids is 1. The van der Waals surface area contributed by atoms with Crippen molar-refractivity contribution in [2.24, 2.45) is 0 Å². The van der Waals surface area contributed by atoms with Crippen molar-refractivity contribution in [2.75, 3.05) is 7.11 Å². The molecule has 2 aromatic rings. The van der Waals surface area contributed by atoms with E-state index in [0.717, 1.165) is 4.68 Å². The van der Waals surface area contributed by atoms with Gasteiger partial charge in [-0.2, -0.15) is 19.1 Å². The number of nitrogens with one attached hydrogen (secondary N) is 1. The number of nitriles is 1. The van der Waals surface area contributed by atoms with Gasteiger partial charge < -0.3 is 14.8 Å². The Morgan fingerprint density at radius 1 is 1.36 bits per heavy atom. The van der Waals surface area contributed by atoms with Gasteiger partial charge in [-0.15, -0.1) is 0 Å². The smallest absolute Gasteiger partial charge is 0.387 e. The number of hydrogen-bond donors (Lipinski definition) is 1. The summed E-state index contributed by atoms with van der Waals surface area (Å²) >= 11 is 0. The quantitative estimate of drug-likeness (QED) is 0.768. The van der Waals surface area contributed by atoms with Crippen molar-refractivity contribution >= 4 is 5.91 Å². The first-order valence-electron chi connectivity index (χ1n) is 8.13. The summed E-state index contributed by atoms with van der Waals surface area (Å²) in [6, 6.07) is 6.08. The topological polar surface area (TPSA) is 106 Å². The molecule has 1 heterocycles. The standard InChI is InChI=1S/C18H18F2N4O4/c1-10-11(2)23-24(17(26)13(10)7-21)9-16(25)22-8-12-4-5-14(28-18(19)20)15(6-12)27-3/h4-6,18H,8-9H2,1-3H3,(H,22,25). The van der Waals surface area contributed by atoms with Crippen LogP contribution >= 0.6 is 0 Å². The number of amides is 1. The van der Waals surface area contributed by atoms with Crippen LogP contribution in [0.5, 0.6) is 11.5 Å². The fourth-order valence-electron chi connectivity index (χ4n) is 2.42. The number of carbonyl (C=O) groups is 1. The average Bonchev–Trinajstić information content (AvgIpc) is 2.65. The molecule has 1 aromatic heterocycles. The average molecular weight is 392 g/mol. The van der Waals surface area contributed by atoms with Gasteiger partial charge in [-0.3, -0.25) is 9.59 Å². The van der Waals surface area contributed by atoms with Crippen molar-refractivity contribution in [2.45, 2.75) is 33.5 Å². The highest BCUT2D eigenvalue weighted by atomic mass is 19.3. The molecule has 0 atom stereocenters. The minimum absolute atomic E-state index is 0.0559. The molecule has 1 aromatic carbocycles. The first-order valence-corrected chi connectivity index (χ1v) is 8.13. The van der Waals surface area contributed by atoms with E-state index in [1.807, 2.05) is 6.07 Å². The van der Waals surface area contributed by atoms with Crippen molar-refractivity contribution in [3.63, 3.8) is 0 Å². The molecular weight excluding hydrogens is 374 g/mol. The summed E-state index contributed by atoms with van der Waals surface area (Å²) in [5.41, 5.74) is 0.825. The van der Waals surface area contributed by atoms with Crippen LogP contribution in [0.2, 0.25) is 0 Å². The number of hydrogen-bond acceptors (Lipinski definition) is 6. The Kier molecular flexibility index (Phi) is 6.65. The fraction of sp³-hybridized carbons (Fsp3) is 0.333. The molecule has 0 aliphatic carbocycles. The van der Waals surface area contributed by atoms with E-state index in [2.05, 4.69) is 15.2 Å². The molecule has 2 rings (SSSR count). The normalized spacial score (nSPS) is 10.5. The maximum Gasteiger partial charge on any atom is 0.387 e. The highest BCUT2D eigenvalue weighted by molar-refractivity contribution is 5.75. The number of benzene rings is 1. The third kappa shape index (κ3) is 4.82. The lowest BCUT2D eigenvalue weighted by Gasteiger charge is -2.12. The van der Waals surface area contributed by atoms with Crippen LogP contribution in [0.3, 0.4) is 0 Å². The second-order valence-electron chi connectivity index (χ2n) is 5.80. The van der Waals surface area contributed by atoms with Gasteiger partial charge >= 0.3 is 6.61 Å². The SMILES string of the molecule is COc1cc(CNC(=O)Cn2nc(C)c(C)c(C#N)c2=O)ccc1OC(F)F. The maximum absolute atomic E-state index is 12.3. The maximum atomic E-state index is 12.3. The number of methoxy groups -OCH3 is 1. The lowest BCUT2D eigenvalue weighted by atomic mass is 10.1. The predicted octanol–water partition coefficient (Wildman–Crippen LogP) is 1.66. The molecular formula is C18H18F2N4O4. The zero-order valence-corrected chi connectivity index (χ0v) is 15.5. The number of nitrogens with zero attached hydrogens (tertiary/aromatic N) is 3. The van der Waals surface area contributed by atoms with Gasteiger partial charge in [0, 0.05) is 6.54 Å². The van der Waals surface area contributed by atoms with Gasteiger partial charge in [-0.1, -0.05) is 6.07 Å². The second-order valence-corrected chi connectivity index (χ2v) is 5.80. The highest BCUT2D eigenvalue weighted by Gasteiger charge is 2.15. The Labute approximate surface area is 159 Å². The van der Waals surface area contributed by atoms with Crippen LogP contribution in [0.15, 0.2) is 23.0 Å². The number of aryl methyl sites for hydroxylation is 1. The molecule has 1 N–H and O–H groups in total. The monoisotopic (exact) mass is 392 g/mol. The van der Waals surface area contributed by atoms with Crippen LogP contribution in [-0.4, -0.2) is 29.4 Å². The largest absolute Gasteiger partial charge is 0.493 e. The van der Waals surface area contributed by atoms with E-state index in [0.29, 0.717) is 16.8 Å². The Hall–Kier alpha value is -3.48. The summed E-state index contributed by atoms with van der Waals surface area (Å²) in [5, 5.41) is 15.7. The van der Waals surface area contributed by atoms with E-state index >= 15 is 0 Å². The Morgan fingerprint density at radius 2 is 2.07 bits per heavy atom. The van der Waals surface area contributed by atoms with Gasteiger partial charge in [0.15, 0.2) is 11.5 Å². The van der Waals surface area contributed by atoms with Gasteiger partial charge in [0.05, 0.1) is 12.8 Å². The first kappa shape index (κ1) is 20.8. The summed E-state index contributed by atoms with van der Waals surface area (Å²) in [6.45, 7) is -0.0323. The van der Waals surface area contributed by atoms with E-state index in [4.69, 9.17) is 10.00 Å². The van der Waals surface area contributed by atoms with E-state index in [-0.39, 0.29) is 30.2 Å². The molecule has 0 aliphatic heterocycles. The van der Waals surface area contributed by atoms with Crippen molar-refractivity contribution in [1.29, 1.82) is 5.26 Å². The number of aromatic nitrogens is 2. The predicted molar refractivity (Wildman–Crippen MR) is 94.2 cm³/mol. The van der Waals surface area contributed by atoms with Crippen molar-refractivity contribution in [3.8, 4) is 17.6 Å². The van der Waals surface area contributed by atoms with Crippen molar-refractivity contribution in [3.05, 3.63) is 50.9 Å². The van der Waals surface area contributed by atoms with Crippen molar-refractivity contribution in [1.82, 2.24) is 15.1 Å². The fourth-order valence-corrected chi connectivity index (χ4v) is 2.42. The summed E-state index contributed by atoms with van der Waals surface area (Å²) < 4.78 is 35.0. The minimum Gasteiger partial charge on any atom is -0.493 e. The molecule has 0 saturated carbocycles. The van der Waals surface area contributed by atoms with Crippen LogP contribution in [-0.2, 0) is 17.9 Å². The van der Waals surface area contributed by atoms with E-state index < -0.39 is 18.1 Å². The Bertz CT molecular complexity index is 983. The van der Waals surface area contributed by atoms with Gasteiger partial charge in [0.2, 0.25) is 5.91 Å². The van der Waals surface area contributed by atoms with Crippen LogP contribution in [0, 0.1) is 25.2 Å². The van der Waals surface area contributed by atoms with Gasteiger partial charge in [0.1, 0.15) is 18.2 Å². The second kappa shape index (κ2) is 8.94. The highest BCUT2D eigenvalue weighted by Crippen LogP contribution is 2.29. The lowest BCUT2D eigenvalue weighted by Crippen LogP contribution is -2.35.